The Kier molecular flexibility index (Phi) is 5.22. The summed E-state index contributed by atoms with van der Waals surface area (Å²) in [5.74, 6) is 1.01. The summed E-state index contributed by atoms with van der Waals surface area (Å²) in [6.45, 7) is 3.14. The van der Waals surface area contributed by atoms with E-state index >= 15 is 0 Å². The molecule has 0 bridgehead atoms. The van der Waals surface area contributed by atoms with Gasteiger partial charge in [-0.05, 0) is 36.2 Å². The van der Waals surface area contributed by atoms with Crippen LogP contribution in [0.2, 0.25) is 0 Å². The van der Waals surface area contributed by atoms with Gasteiger partial charge in [-0.2, -0.15) is 0 Å². The van der Waals surface area contributed by atoms with Gasteiger partial charge in [0.2, 0.25) is 5.91 Å². The van der Waals surface area contributed by atoms with Gasteiger partial charge in [0.25, 0.3) is 0 Å². The van der Waals surface area contributed by atoms with E-state index in [4.69, 9.17) is 4.74 Å². The first-order chi connectivity index (χ1) is 13.2. The minimum Gasteiger partial charge on any atom is -0.497 e. The summed E-state index contributed by atoms with van der Waals surface area (Å²) in [4.78, 5) is 21.3. The fourth-order valence-electron chi connectivity index (χ4n) is 3.72. The summed E-state index contributed by atoms with van der Waals surface area (Å²) in [6.07, 6.45) is 4.40. The molecule has 7 nitrogen and oxygen atoms in total. The van der Waals surface area contributed by atoms with Crippen molar-refractivity contribution in [3.05, 3.63) is 54.4 Å². The fraction of sp³-hybridized carbons (Fsp3) is 0.400. The van der Waals surface area contributed by atoms with Gasteiger partial charge in [-0.15, -0.1) is 0 Å². The fourth-order valence-corrected chi connectivity index (χ4v) is 3.72. The number of hydrazine groups is 1. The van der Waals surface area contributed by atoms with Gasteiger partial charge in [0.1, 0.15) is 11.8 Å². The molecule has 27 heavy (non-hydrogen) atoms. The molecule has 2 unspecified atom stereocenters. The zero-order valence-corrected chi connectivity index (χ0v) is 15.5. The highest BCUT2D eigenvalue weighted by atomic mass is 16.5. The first kappa shape index (κ1) is 17.8. The van der Waals surface area contributed by atoms with E-state index < -0.39 is 0 Å². The number of carbonyl (C=O) groups is 1. The van der Waals surface area contributed by atoms with Gasteiger partial charge in [-0.3, -0.25) is 9.78 Å². The third-order valence-electron chi connectivity index (χ3n) is 5.32. The zero-order valence-electron chi connectivity index (χ0n) is 15.5. The van der Waals surface area contributed by atoms with Crippen LogP contribution in [0.1, 0.15) is 18.0 Å². The average Bonchev–Trinajstić information content (AvgIpc) is 3.24. The van der Waals surface area contributed by atoms with Crippen LogP contribution >= 0.6 is 0 Å². The van der Waals surface area contributed by atoms with Crippen molar-refractivity contribution in [2.75, 3.05) is 38.2 Å². The van der Waals surface area contributed by atoms with Crippen molar-refractivity contribution in [3.63, 3.8) is 0 Å². The van der Waals surface area contributed by atoms with Crippen LogP contribution in [0.5, 0.6) is 5.75 Å². The Morgan fingerprint density at radius 3 is 2.56 bits per heavy atom. The Hall–Kier alpha value is -2.64. The van der Waals surface area contributed by atoms with Crippen LogP contribution < -0.4 is 20.5 Å². The third kappa shape index (κ3) is 3.89. The molecular weight excluding hydrogens is 342 g/mol. The number of amides is 1. The number of nitrogens with one attached hydrogen (secondary N) is 2. The maximum atomic E-state index is 12.9. The third-order valence-corrected chi connectivity index (χ3v) is 5.32. The van der Waals surface area contributed by atoms with Gasteiger partial charge in [0.15, 0.2) is 0 Å². The molecule has 4 rings (SSSR count). The molecule has 0 aliphatic carbocycles. The monoisotopic (exact) mass is 367 g/mol. The first-order valence-corrected chi connectivity index (χ1v) is 9.33. The Morgan fingerprint density at radius 1 is 1.11 bits per heavy atom. The molecule has 2 fully saturated rings. The molecule has 1 aromatic heterocycles. The van der Waals surface area contributed by atoms with E-state index in [0.717, 1.165) is 49.6 Å². The smallest absolute Gasteiger partial charge is 0.241 e. The number of nitrogens with zero attached hydrogens (tertiary/aromatic N) is 3. The summed E-state index contributed by atoms with van der Waals surface area (Å²) in [5.41, 5.74) is 8.70. The standard InChI is InChI=1S/C20H25N5O2/c1-27-17-6-4-15(5-7-17)18-13-19(23-22-18)20(26)25-11-9-24(10-12-25)16-3-2-8-21-14-16/h2-8,14,18-19,22-23H,9-13H2,1H3. The number of ether oxygens (including phenoxy) is 1. The highest BCUT2D eigenvalue weighted by Gasteiger charge is 2.34. The van der Waals surface area contributed by atoms with Crippen LogP contribution in [0, 0.1) is 0 Å². The number of carbonyl (C=O) groups excluding carboxylic acids is 1. The molecule has 2 N–H and O–H groups in total. The number of pyridine rings is 1. The van der Waals surface area contributed by atoms with Gasteiger partial charge in [0.05, 0.1) is 19.0 Å². The van der Waals surface area contributed by atoms with E-state index in [1.54, 1.807) is 13.3 Å². The van der Waals surface area contributed by atoms with Gasteiger partial charge in [-0.25, -0.2) is 10.9 Å². The van der Waals surface area contributed by atoms with Crippen LogP contribution in [0.15, 0.2) is 48.8 Å². The number of aromatic nitrogens is 1. The van der Waals surface area contributed by atoms with Crippen molar-refractivity contribution in [2.45, 2.75) is 18.5 Å². The number of piperazine rings is 1. The lowest BCUT2D eigenvalue weighted by Crippen LogP contribution is -2.53. The Labute approximate surface area is 159 Å². The van der Waals surface area contributed by atoms with Crippen molar-refractivity contribution < 1.29 is 9.53 Å². The van der Waals surface area contributed by atoms with Crippen LogP contribution in [0.25, 0.3) is 0 Å². The molecule has 0 spiro atoms. The van der Waals surface area contributed by atoms with E-state index in [1.165, 1.54) is 0 Å². The highest BCUT2D eigenvalue weighted by Crippen LogP contribution is 2.25. The summed E-state index contributed by atoms with van der Waals surface area (Å²) in [5, 5.41) is 0. The second kappa shape index (κ2) is 7.94. The van der Waals surface area contributed by atoms with E-state index in [0.29, 0.717) is 0 Å². The van der Waals surface area contributed by atoms with Crippen LogP contribution in [-0.4, -0.2) is 55.1 Å². The van der Waals surface area contributed by atoms with Gasteiger partial charge >= 0.3 is 0 Å². The maximum absolute atomic E-state index is 12.9. The van der Waals surface area contributed by atoms with Gasteiger partial charge in [0, 0.05) is 38.4 Å². The molecule has 2 atom stereocenters. The second-order valence-corrected chi connectivity index (χ2v) is 6.93. The number of methoxy groups -OCH3 is 1. The lowest BCUT2D eigenvalue weighted by atomic mass is 10.0. The molecule has 2 aliphatic rings. The van der Waals surface area contributed by atoms with Crippen molar-refractivity contribution in [1.82, 2.24) is 20.7 Å². The second-order valence-electron chi connectivity index (χ2n) is 6.93. The SMILES string of the molecule is COc1ccc(C2CC(C(=O)N3CCN(c4cccnc4)CC3)NN2)cc1. The molecule has 2 aromatic rings. The van der Waals surface area contributed by atoms with Crippen molar-refractivity contribution in [1.29, 1.82) is 0 Å². The maximum Gasteiger partial charge on any atom is 0.241 e. The van der Waals surface area contributed by atoms with E-state index in [1.807, 2.05) is 41.4 Å². The Bertz CT molecular complexity index is 760. The number of hydrogen-bond donors (Lipinski definition) is 2. The van der Waals surface area contributed by atoms with Crippen molar-refractivity contribution in [3.8, 4) is 5.75 Å². The minimum absolute atomic E-state index is 0.126. The molecule has 142 valence electrons. The predicted molar refractivity (Wildman–Crippen MR) is 103 cm³/mol. The molecule has 0 radical (unpaired) electrons. The average molecular weight is 367 g/mol. The molecular formula is C20H25N5O2. The predicted octanol–water partition coefficient (Wildman–Crippen LogP) is 1.35. The topological polar surface area (TPSA) is 69.7 Å². The van der Waals surface area contributed by atoms with Crippen LogP contribution in [0.3, 0.4) is 0 Å². The number of benzene rings is 1. The molecule has 0 saturated carbocycles. The molecule has 1 amide bonds. The summed E-state index contributed by atoms with van der Waals surface area (Å²) in [6, 6.07) is 11.9. The first-order valence-electron chi connectivity index (χ1n) is 9.33. The molecule has 2 aliphatic heterocycles. The van der Waals surface area contributed by atoms with E-state index in [2.05, 4.69) is 26.8 Å². The van der Waals surface area contributed by atoms with Crippen LogP contribution in [-0.2, 0) is 4.79 Å². The highest BCUT2D eigenvalue weighted by molar-refractivity contribution is 5.82. The molecule has 2 saturated heterocycles. The number of anilines is 1. The Balaban J connectivity index is 1.31. The summed E-state index contributed by atoms with van der Waals surface area (Å²) >= 11 is 0. The van der Waals surface area contributed by atoms with Crippen molar-refractivity contribution >= 4 is 11.6 Å². The quantitative estimate of drug-likeness (QED) is 0.850. The van der Waals surface area contributed by atoms with Crippen molar-refractivity contribution in [2.24, 2.45) is 0 Å². The summed E-state index contributed by atoms with van der Waals surface area (Å²) in [7, 11) is 1.66. The number of rotatable bonds is 4. The lowest BCUT2D eigenvalue weighted by Gasteiger charge is -2.36. The largest absolute Gasteiger partial charge is 0.497 e. The summed E-state index contributed by atoms with van der Waals surface area (Å²) < 4.78 is 5.21. The molecule has 3 heterocycles. The normalized spacial score (nSPS) is 22.7. The molecule has 1 aromatic carbocycles. The molecule has 7 heteroatoms. The lowest BCUT2D eigenvalue weighted by molar-refractivity contribution is -0.133. The van der Waals surface area contributed by atoms with E-state index in [-0.39, 0.29) is 18.0 Å². The van der Waals surface area contributed by atoms with Gasteiger partial charge < -0.3 is 14.5 Å². The zero-order chi connectivity index (χ0) is 18.6. The van der Waals surface area contributed by atoms with Crippen LogP contribution in [0.4, 0.5) is 5.69 Å². The minimum atomic E-state index is -0.193. The number of hydrogen-bond acceptors (Lipinski definition) is 6. The van der Waals surface area contributed by atoms with E-state index in [9.17, 15) is 4.79 Å². The van der Waals surface area contributed by atoms with Gasteiger partial charge in [-0.1, -0.05) is 12.1 Å². The Morgan fingerprint density at radius 2 is 1.89 bits per heavy atom.